The van der Waals surface area contributed by atoms with Gasteiger partial charge in [0.25, 0.3) is 0 Å². The van der Waals surface area contributed by atoms with Crippen molar-refractivity contribution in [2.45, 2.75) is 18.9 Å². The fraction of sp³-hybridized carbons (Fsp3) is 0.647. The molecule has 0 bridgehead atoms. The first-order valence-corrected chi connectivity index (χ1v) is 8.55. The van der Waals surface area contributed by atoms with Crippen LogP contribution in [0.25, 0.3) is 0 Å². The number of nitrogens with zero attached hydrogens (tertiary/aromatic N) is 2. The number of ether oxygens (including phenoxy) is 2. The van der Waals surface area contributed by atoms with Crippen molar-refractivity contribution in [1.82, 2.24) is 10.2 Å². The Labute approximate surface area is 142 Å². The average Bonchev–Trinajstić information content (AvgIpc) is 2.63. The van der Waals surface area contributed by atoms with Crippen LogP contribution in [0.3, 0.4) is 0 Å². The summed E-state index contributed by atoms with van der Waals surface area (Å²) in [6, 6.07) is 5.59. The van der Waals surface area contributed by atoms with E-state index in [4.69, 9.17) is 9.47 Å². The molecule has 0 saturated carbocycles. The normalized spacial score (nSPS) is 21.4. The van der Waals surface area contributed by atoms with Crippen molar-refractivity contribution in [2.24, 2.45) is 5.92 Å². The van der Waals surface area contributed by atoms with E-state index in [9.17, 15) is 10.1 Å². The fourth-order valence-electron chi connectivity index (χ4n) is 3.81. The number of nitro groups is 1. The van der Waals surface area contributed by atoms with Gasteiger partial charge in [-0.3, -0.25) is 15.0 Å². The summed E-state index contributed by atoms with van der Waals surface area (Å²) in [4.78, 5) is 13.5. The molecule has 1 aromatic rings. The Morgan fingerprint density at radius 2 is 2.04 bits per heavy atom. The third kappa shape index (κ3) is 3.68. The number of methoxy groups -OCH3 is 1. The largest absolute Gasteiger partial charge is 0.490 e. The maximum absolute atomic E-state index is 11.4. The first-order valence-electron chi connectivity index (χ1n) is 8.55. The van der Waals surface area contributed by atoms with Crippen LogP contribution in [0.1, 0.15) is 24.4 Å². The van der Waals surface area contributed by atoms with Gasteiger partial charge in [0.05, 0.1) is 12.0 Å². The lowest BCUT2D eigenvalue weighted by molar-refractivity contribution is -0.385. The van der Waals surface area contributed by atoms with Gasteiger partial charge in [0, 0.05) is 51.5 Å². The summed E-state index contributed by atoms with van der Waals surface area (Å²) in [7, 11) is 1.47. The number of hydrogen-bond donors (Lipinski definition) is 1. The lowest BCUT2D eigenvalue weighted by Gasteiger charge is -2.41. The van der Waals surface area contributed by atoms with E-state index in [0.29, 0.717) is 11.7 Å². The van der Waals surface area contributed by atoms with Crippen molar-refractivity contribution in [3.8, 4) is 5.75 Å². The van der Waals surface area contributed by atoms with Gasteiger partial charge in [-0.2, -0.15) is 0 Å². The molecular formula is C17H25N3O4. The van der Waals surface area contributed by atoms with Crippen LogP contribution in [-0.2, 0) is 4.74 Å². The van der Waals surface area contributed by atoms with Crippen LogP contribution < -0.4 is 10.1 Å². The van der Waals surface area contributed by atoms with Gasteiger partial charge in [0.2, 0.25) is 0 Å². The molecule has 132 valence electrons. The van der Waals surface area contributed by atoms with Gasteiger partial charge in [-0.15, -0.1) is 0 Å². The van der Waals surface area contributed by atoms with Crippen molar-refractivity contribution < 1.29 is 14.4 Å². The zero-order valence-electron chi connectivity index (χ0n) is 14.1. The number of nitrogens with one attached hydrogen (secondary N) is 1. The molecular weight excluding hydrogens is 310 g/mol. The van der Waals surface area contributed by atoms with E-state index in [2.05, 4.69) is 10.2 Å². The van der Waals surface area contributed by atoms with Gasteiger partial charge in [-0.1, -0.05) is 6.07 Å². The van der Waals surface area contributed by atoms with Crippen LogP contribution in [0.5, 0.6) is 5.75 Å². The minimum absolute atomic E-state index is 0.0437. The highest BCUT2D eigenvalue weighted by Crippen LogP contribution is 2.38. The van der Waals surface area contributed by atoms with E-state index in [1.807, 2.05) is 6.07 Å². The highest BCUT2D eigenvalue weighted by atomic mass is 16.6. The maximum Gasteiger partial charge on any atom is 0.311 e. The maximum atomic E-state index is 11.4. The van der Waals surface area contributed by atoms with Crippen LogP contribution in [0, 0.1) is 16.0 Å². The molecule has 0 radical (unpaired) electrons. The topological polar surface area (TPSA) is 76.9 Å². The van der Waals surface area contributed by atoms with Gasteiger partial charge >= 0.3 is 5.69 Å². The Morgan fingerprint density at radius 3 is 2.67 bits per heavy atom. The Balaban J connectivity index is 1.94. The van der Waals surface area contributed by atoms with E-state index in [-0.39, 0.29) is 16.7 Å². The molecule has 1 N–H and O–H groups in total. The molecule has 1 atom stereocenters. The van der Waals surface area contributed by atoms with Crippen LogP contribution in [-0.4, -0.2) is 56.3 Å². The molecule has 2 aliphatic heterocycles. The van der Waals surface area contributed by atoms with Crippen LogP contribution in [0.4, 0.5) is 5.69 Å². The van der Waals surface area contributed by atoms with Gasteiger partial charge in [-0.05, 0) is 30.4 Å². The second-order valence-electron chi connectivity index (χ2n) is 6.37. The van der Waals surface area contributed by atoms with E-state index < -0.39 is 0 Å². The van der Waals surface area contributed by atoms with Gasteiger partial charge in [-0.25, -0.2) is 0 Å². The number of hydrogen-bond acceptors (Lipinski definition) is 6. The molecule has 2 aliphatic rings. The minimum Gasteiger partial charge on any atom is -0.490 e. The Kier molecular flexibility index (Phi) is 5.65. The average molecular weight is 335 g/mol. The molecule has 0 amide bonds. The summed E-state index contributed by atoms with van der Waals surface area (Å²) >= 11 is 0. The first-order chi connectivity index (χ1) is 11.7. The first kappa shape index (κ1) is 17.1. The van der Waals surface area contributed by atoms with Crippen molar-refractivity contribution in [1.29, 1.82) is 0 Å². The van der Waals surface area contributed by atoms with Gasteiger partial charge in [0.1, 0.15) is 0 Å². The van der Waals surface area contributed by atoms with Crippen LogP contribution in [0.2, 0.25) is 0 Å². The summed E-state index contributed by atoms with van der Waals surface area (Å²) in [6.45, 7) is 5.37. The highest BCUT2D eigenvalue weighted by molar-refractivity contribution is 5.49. The summed E-state index contributed by atoms with van der Waals surface area (Å²) < 4.78 is 10.7. The predicted molar refractivity (Wildman–Crippen MR) is 90.4 cm³/mol. The van der Waals surface area contributed by atoms with Crippen molar-refractivity contribution in [3.05, 3.63) is 33.9 Å². The van der Waals surface area contributed by atoms with Crippen LogP contribution in [0.15, 0.2) is 18.2 Å². The molecule has 0 unspecified atom stereocenters. The molecule has 24 heavy (non-hydrogen) atoms. The number of piperazine rings is 1. The van der Waals surface area contributed by atoms with E-state index in [0.717, 1.165) is 57.8 Å². The summed E-state index contributed by atoms with van der Waals surface area (Å²) in [5, 5.41) is 14.8. The third-order valence-electron chi connectivity index (χ3n) is 5.00. The molecule has 2 heterocycles. The fourth-order valence-corrected chi connectivity index (χ4v) is 3.81. The second-order valence-corrected chi connectivity index (χ2v) is 6.37. The quantitative estimate of drug-likeness (QED) is 0.655. The van der Waals surface area contributed by atoms with Crippen LogP contribution >= 0.6 is 0 Å². The Hall–Kier alpha value is -1.70. The van der Waals surface area contributed by atoms with Gasteiger partial charge in [0.15, 0.2) is 5.75 Å². The molecule has 2 fully saturated rings. The Morgan fingerprint density at radius 1 is 1.33 bits per heavy atom. The summed E-state index contributed by atoms with van der Waals surface area (Å²) in [5.74, 6) is 0.777. The molecule has 7 heteroatoms. The highest BCUT2D eigenvalue weighted by Gasteiger charge is 2.32. The minimum atomic E-state index is -0.360. The number of benzene rings is 1. The van der Waals surface area contributed by atoms with Crippen molar-refractivity contribution >= 4 is 5.69 Å². The molecule has 3 rings (SSSR count). The second kappa shape index (κ2) is 7.92. The Bertz CT molecular complexity index is 551. The van der Waals surface area contributed by atoms with Crippen molar-refractivity contribution in [2.75, 3.05) is 46.5 Å². The lowest BCUT2D eigenvalue weighted by Crippen LogP contribution is -2.47. The molecule has 2 saturated heterocycles. The zero-order chi connectivity index (χ0) is 16.9. The van der Waals surface area contributed by atoms with E-state index in [1.165, 1.54) is 7.11 Å². The zero-order valence-corrected chi connectivity index (χ0v) is 14.1. The SMILES string of the molecule is COc1ccc([C@H](C2CCOCC2)N2CCNCC2)cc1[N+](=O)[O-]. The molecule has 1 aromatic carbocycles. The molecule has 7 nitrogen and oxygen atoms in total. The van der Waals surface area contributed by atoms with Gasteiger partial charge < -0.3 is 14.8 Å². The summed E-state index contributed by atoms with van der Waals surface area (Å²) in [6.07, 6.45) is 1.99. The monoisotopic (exact) mass is 335 g/mol. The number of rotatable bonds is 5. The van der Waals surface area contributed by atoms with E-state index in [1.54, 1.807) is 12.1 Å². The summed E-state index contributed by atoms with van der Waals surface area (Å²) in [5.41, 5.74) is 1.05. The smallest absolute Gasteiger partial charge is 0.311 e. The standard InChI is InChI=1S/C17H25N3O4/c1-23-16-3-2-14(12-15(16)20(21)22)17(13-4-10-24-11-5-13)19-8-6-18-7-9-19/h2-3,12-13,17-18H,4-11H2,1H3/t17-/m0/s1. The third-order valence-corrected chi connectivity index (χ3v) is 5.00. The molecule has 0 aromatic heterocycles. The number of nitro benzene ring substituents is 1. The van der Waals surface area contributed by atoms with Crippen molar-refractivity contribution in [3.63, 3.8) is 0 Å². The molecule has 0 aliphatic carbocycles. The van der Waals surface area contributed by atoms with E-state index >= 15 is 0 Å². The molecule has 0 spiro atoms. The predicted octanol–water partition coefficient (Wildman–Crippen LogP) is 1.98. The lowest BCUT2D eigenvalue weighted by atomic mass is 9.85.